The number of aromatic nitrogens is 1. The highest BCUT2D eigenvalue weighted by Crippen LogP contribution is 2.28. The van der Waals surface area contributed by atoms with Gasteiger partial charge in [0.2, 0.25) is 10.0 Å². The molecule has 1 aromatic carbocycles. The second-order valence-electron chi connectivity index (χ2n) is 7.51. The second kappa shape index (κ2) is 8.97. The number of piperazine rings is 1. The quantitative estimate of drug-likeness (QED) is 0.608. The number of hydrogen-bond acceptors (Lipinski definition) is 6. The van der Waals surface area contributed by atoms with Gasteiger partial charge in [-0.05, 0) is 50.2 Å². The second-order valence-corrected chi connectivity index (χ2v) is 10.9. The fraction of sp³-hybridized carbons (Fsp3) is 0.273. The standard InChI is InChI=1S/C22H23FN4O3S2/c1-15-13-20(16(2)31-15)32(29,30)27-11-9-26(10-12-27)22(28)19-7-4-8-24-21(19)25-18-6-3-5-17(23)14-18/h3-8,13-14H,9-12H2,1-2H3,(H,24,25). The molecule has 2 aromatic heterocycles. The molecule has 3 heterocycles. The van der Waals surface area contributed by atoms with Gasteiger partial charge in [0.1, 0.15) is 11.6 Å². The van der Waals surface area contributed by atoms with E-state index < -0.39 is 15.8 Å². The normalized spacial score (nSPS) is 15.0. The van der Waals surface area contributed by atoms with Crippen LogP contribution in [0.1, 0.15) is 20.1 Å². The predicted octanol–water partition coefficient (Wildman–Crippen LogP) is 3.79. The Kier molecular flexibility index (Phi) is 6.27. The minimum atomic E-state index is -3.59. The van der Waals surface area contributed by atoms with Crippen LogP contribution in [-0.2, 0) is 10.0 Å². The molecule has 0 bridgehead atoms. The summed E-state index contributed by atoms with van der Waals surface area (Å²) in [4.78, 5) is 21.1. The number of halogens is 1. The third-order valence-electron chi connectivity index (χ3n) is 5.26. The lowest BCUT2D eigenvalue weighted by atomic mass is 10.2. The van der Waals surface area contributed by atoms with Crippen LogP contribution in [0.5, 0.6) is 0 Å². The molecule has 10 heteroatoms. The molecule has 1 fully saturated rings. The summed E-state index contributed by atoms with van der Waals surface area (Å²) in [6.45, 7) is 4.67. The van der Waals surface area contributed by atoms with Crippen LogP contribution in [-0.4, -0.2) is 54.7 Å². The van der Waals surface area contributed by atoms with Crippen LogP contribution in [0.25, 0.3) is 0 Å². The Hall–Kier alpha value is -2.82. The lowest BCUT2D eigenvalue weighted by molar-refractivity contribution is 0.0698. The van der Waals surface area contributed by atoms with Crippen LogP contribution < -0.4 is 5.32 Å². The van der Waals surface area contributed by atoms with E-state index in [2.05, 4.69) is 10.3 Å². The van der Waals surface area contributed by atoms with Crippen molar-refractivity contribution in [3.05, 3.63) is 69.8 Å². The number of nitrogens with one attached hydrogen (secondary N) is 1. The van der Waals surface area contributed by atoms with E-state index in [4.69, 9.17) is 0 Å². The number of anilines is 2. The van der Waals surface area contributed by atoms with Crippen LogP contribution in [0.3, 0.4) is 0 Å². The number of carbonyl (C=O) groups is 1. The van der Waals surface area contributed by atoms with Crippen molar-refractivity contribution in [1.82, 2.24) is 14.2 Å². The number of nitrogens with zero attached hydrogens (tertiary/aromatic N) is 3. The molecule has 7 nitrogen and oxygen atoms in total. The average molecular weight is 475 g/mol. The number of thiophene rings is 1. The topological polar surface area (TPSA) is 82.6 Å². The third kappa shape index (κ3) is 4.52. The molecule has 0 aliphatic carbocycles. The van der Waals surface area contributed by atoms with E-state index >= 15 is 0 Å². The lowest BCUT2D eigenvalue weighted by Crippen LogP contribution is -2.50. The van der Waals surface area contributed by atoms with Crippen LogP contribution in [0.4, 0.5) is 15.9 Å². The van der Waals surface area contributed by atoms with E-state index in [-0.39, 0.29) is 32.1 Å². The van der Waals surface area contributed by atoms with Crippen molar-refractivity contribution < 1.29 is 17.6 Å². The summed E-state index contributed by atoms with van der Waals surface area (Å²) in [5.74, 6) is -0.327. The summed E-state index contributed by atoms with van der Waals surface area (Å²) in [6.07, 6.45) is 1.55. The van der Waals surface area contributed by atoms with Gasteiger partial charge in [0.15, 0.2) is 0 Å². The van der Waals surface area contributed by atoms with Gasteiger partial charge in [0.25, 0.3) is 5.91 Å². The van der Waals surface area contributed by atoms with Crippen molar-refractivity contribution in [2.24, 2.45) is 0 Å². The van der Waals surface area contributed by atoms with E-state index in [0.717, 1.165) is 9.75 Å². The van der Waals surface area contributed by atoms with Gasteiger partial charge in [-0.15, -0.1) is 11.3 Å². The summed E-state index contributed by atoms with van der Waals surface area (Å²) < 4.78 is 41.0. The minimum absolute atomic E-state index is 0.218. The average Bonchev–Trinajstić information content (AvgIpc) is 3.12. The first-order valence-electron chi connectivity index (χ1n) is 10.1. The molecular weight excluding hydrogens is 451 g/mol. The largest absolute Gasteiger partial charge is 0.339 e. The molecule has 32 heavy (non-hydrogen) atoms. The highest BCUT2D eigenvalue weighted by molar-refractivity contribution is 7.89. The number of carbonyl (C=O) groups excluding carboxylic acids is 1. The van der Waals surface area contributed by atoms with Crippen LogP contribution >= 0.6 is 11.3 Å². The van der Waals surface area contributed by atoms with Gasteiger partial charge in [0, 0.05) is 47.8 Å². The highest BCUT2D eigenvalue weighted by atomic mass is 32.2. The van der Waals surface area contributed by atoms with Gasteiger partial charge in [-0.3, -0.25) is 4.79 Å². The van der Waals surface area contributed by atoms with Gasteiger partial charge in [-0.1, -0.05) is 6.07 Å². The van der Waals surface area contributed by atoms with Gasteiger partial charge < -0.3 is 10.2 Å². The SMILES string of the molecule is Cc1cc(S(=O)(=O)N2CCN(C(=O)c3cccnc3Nc3cccc(F)c3)CC2)c(C)s1. The molecular formula is C22H23FN4O3S2. The smallest absolute Gasteiger partial charge is 0.257 e. The summed E-state index contributed by atoms with van der Waals surface area (Å²) in [5.41, 5.74) is 0.826. The van der Waals surface area contributed by atoms with Gasteiger partial charge in [0.05, 0.1) is 10.5 Å². The van der Waals surface area contributed by atoms with E-state index in [1.165, 1.54) is 27.8 Å². The molecule has 1 aliphatic heterocycles. The van der Waals surface area contributed by atoms with Crippen molar-refractivity contribution in [2.75, 3.05) is 31.5 Å². The third-order valence-corrected chi connectivity index (χ3v) is 8.38. The molecule has 1 amide bonds. The van der Waals surface area contributed by atoms with E-state index in [0.29, 0.717) is 22.0 Å². The molecule has 0 spiro atoms. The predicted molar refractivity (Wildman–Crippen MR) is 122 cm³/mol. The number of sulfonamides is 1. The van der Waals surface area contributed by atoms with Crippen LogP contribution in [0.2, 0.25) is 0 Å². The van der Waals surface area contributed by atoms with E-state index in [9.17, 15) is 17.6 Å². The fourth-order valence-corrected chi connectivity index (χ4v) is 6.63. The maximum Gasteiger partial charge on any atom is 0.257 e. The minimum Gasteiger partial charge on any atom is -0.339 e. The molecule has 0 atom stereocenters. The molecule has 1 N–H and O–H groups in total. The fourth-order valence-electron chi connectivity index (χ4n) is 3.69. The Balaban J connectivity index is 1.48. The monoisotopic (exact) mass is 474 g/mol. The molecule has 0 unspecified atom stereocenters. The zero-order valence-corrected chi connectivity index (χ0v) is 19.3. The van der Waals surface area contributed by atoms with Crippen molar-refractivity contribution >= 4 is 38.8 Å². The van der Waals surface area contributed by atoms with E-state index in [1.54, 1.807) is 48.4 Å². The van der Waals surface area contributed by atoms with Crippen molar-refractivity contribution in [1.29, 1.82) is 0 Å². The summed E-state index contributed by atoms with van der Waals surface area (Å²) in [7, 11) is -3.59. The zero-order chi connectivity index (χ0) is 22.9. The summed E-state index contributed by atoms with van der Waals surface area (Å²) >= 11 is 1.46. The van der Waals surface area contributed by atoms with E-state index in [1.807, 2.05) is 6.92 Å². The van der Waals surface area contributed by atoms with Crippen molar-refractivity contribution in [3.63, 3.8) is 0 Å². The van der Waals surface area contributed by atoms with Crippen LogP contribution in [0.15, 0.2) is 53.6 Å². The number of pyridine rings is 1. The summed E-state index contributed by atoms with van der Waals surface area (Å²) in [5, 5.41) is 2.99. The number of rotatable bonds is 5. The molecule has 1 saturated heterocycles. The Morgan fingerprint density at radius 3 is 2.50 bits per heavy atom. The van der Waals surface area contributed by atoms with Gasteiger partial charge in [-0.2, -0.15) is 4.31 Å². The molecule has 1 aliphatic rings. The molecule has 0 radical (unpaired) electrons. The number of hydrogen-bond donors (Lipinski definition) is 1. The summed E-state index contributed by atoms with van der Waals surface area (Å²) in [6, 6.07) is 10.9. The number of aryl methyl sites for hydroxylation is 2. The Morgan fingerprint density at radius 2 is 1.84 bits per heavy atom. The molecule has 3 aromatic rings. The lowest BCUT2D eigenvalue weighted by Gasteiger charge is -2.34. The Bertz CT molecular complexity index is 1250. The first-order chi connectivity index (χ1) is 15.3. The van der Waals surface area contributed by atoms with Crippen LogP contribution in [0, 0.1) is 19.7 Å². The van der Waals surface area contributed by atoms with Gasteiger partial charge >= 0.3 is 0 Å². The molecule has 168 valence electrons. The van der Waals surface area contributed by atoms with Crippen molar-refractivity contribution in [3.8, 4) is 0 Å². The first-order valence-corrected chi connectivity index (χ1v) is 12.4. The zero-order valence-electron chi connectivity index (χ0n) is 17.7. The maximum absolute atomic E-state index is 13.5. The number of benzene rings is 1. The first kappa shape index (κ1) is 22.4. The van der Waals surface area contributed by atoms with Crippen molar-refractivity contribution in [2.45, 2.75) is 18.7 Å². The molecule has 0 saturated carbocycles. The maximum atomic E-state index is 13.5. The Morgan fingerprint density at radius 1 is 1.09 bits per heavy atom. The molecule has 4 rings (SSSR count). The highest BCUT2D eigenvalue weighted by Gasteiger charge is 2.32. The van der Waals surface area contributed by atoms with Gasteiger partial charge in [-0.25, -0.2) is 17.8 Å². The number of amides is 1. The Labute approximate surface area is 190 Å².